The maximum atomic E-state index is 12.2. The molecule has 0 spiro atoms. The molecule has 2 unspecified atom stereocenters. The van der Waals surface area contributed by atoms with Crippen molar-refractivity contribution in [3.63, 3.8) is 0 Å². The summed E-state index contributed by atoms with van der Waals surface area (Å²) in [5, 5.41) is 3.43. The summed E-state index contributed by atoms with van der Waals surface area (Å²) >= 11 is 0. The van der Waals surface area contributed by atoms with Crippen molar-refractivity contribution in [1.29, 1.82) is 0 Å². The minimum absolute atomic E-state index is 0.303. The van der Waals surface area contributed by atoms with Gasteiger partial charge in [-0.2, -0.15) is 0 Å². The third-order valence-corrected chi connectivity index (χ3v) is 4.16. The zero-order chi connectivity index (χ0) is 14.3. The lowest BCUT2D eigenvalue weighted by atomic mass is 9.85. The third kappa shape index (κ3) is 6.39. The fourth-order valence-corrected chi connectivity index (χ4v) is 2.71. The second-order valence-corrected chi connectivity index (χ2v) is 6.26. The van der Waals surface area contributed by atoms with Crippen LogP contribution in [-0.4, -0.2) is 63.0 Å². The molecular weight excluding hydrogens is 238 g/mol. The average Bonchev–Trinajstić information content (AvgIpc) is 2.39. The molecule has 19 heavy (non-hydrogen) atoms. The van der Waals surface area contributed by atoms with E-state index in [2.05, 4.69) is 31.2 Å². The Bertz CT molecular complexity index is 262. The Labute approximate surface area is 118 Å². The minimum Gasteiger partial charge on any atom is -0.346 e. The number of amides is 1. The van der Waals surface area contributed by atoms with Crippen molar-refractivity contribution >= 4 is 5.91 Å². The molecule has 0 aromatic rings. The van der Waals surface area contributed by atoms with Gasteiger partial charge in [-0.05, 0) is 64.8 Å². The zero-order valence-corrected chi connectivity index (χ0v) is 13.1. The lowest BCUT2D eigenvalue weighted by Gasteiger charge is -2.29. The summed E-state index contributed by atoms with van der Waals surface area (Å²) in [6, 6.07) is 0. The van der Waals surface area contributed by atoms with Gasteiger partial charge in [0.1, 0.15) is 0 Å². The molecule has 4 heteroatoms. The summed E-state index contributed by atoms with van der Waals surface area (Å²) in [5.41, 5.74) is 0. The van der Waals surface area contributed by atoms with Crippen molar-refractivity contribution in [1.82, 2.24) is 15.1 Å². The standard InChI is InChI=1S/C15H31N3O/c1-13(14-7-5-8-16-12-14)11-15(19)18(4)10-6-9-17(2)3/h13-14,16H,5-12H2,1-4H3. The number of carbonyl (C=O) groups excluding carboxylic acids is 1. The maximum Gasteiger partial charge on any atom is 0.222 e. The van der Waals surface area contributed by atoms with Crippen LogP contribution in [0.2, 0.25) is 0 Å². The first-order valence-corrected chi connectivity index (χ1v) is 7.60. The first-order chi connectivity index (χ1) is 9.00. The van der Waals surface area contributed by atoms with Crippen LogP contribution in [-0.2, 0) is 4.79 Å². The molecule has 1 heterocycles. The van der Waals surface area contributed by atoms with E-state index in [1.165, 1.54) is 12.8 Å². The van der Waals surface area contributed by atoms with E-state index >= 15 is 0 Å². The van der Waals surface area contributed by atoms with Crippen LogP contribution < -0.4 is 5.32 Å². The lowest BCUT2D eigenvalue weighted by Crippen LogP contribution is -2.36. The van der Waals surface area contributed by atoms with Crippen LogP contribution in [0.25, 0.3) is 0 Å². The Morgan fingerprint density at radius 1 is 1.32 bits per heavy atom. The molecule has 112 valence electrons. The molecule has 0 radical (unpaired) electrons. The molecule has 2 atom stereocenters. The van der Waals surface area contributed by atoms with Gasteiger partial charge in [0.25, 0.3) is 0 Å². The molecule has 1 N–H and O–H groups in total. The van der Waals surface area contributed by atoms with Gasteiger partial charge in [0.2, 0.25) is 5.91 Å². The number of hydrogen-bond donors (Lipinski definition) is 1. The number of nitrogens with one attached hydrogen (secondary N) is 1. The van der Waals surface area contributed by atoms with Crippen molar-refractivity contribution in [2.45, 2.75) is 32.6 Å². The van der Waals surface area contributed by atoms with Crippen molar-refractivity contribution in [3.8, 4) is 0 Å². The van der Waals surface area contributed by atoms with E-state index in [1.807, 2.05) is 11.9 Å². The SMILES string of the molecule is CC(CC(=O)N(C)CCCN(C)C)C1CCCNC1. The Morgan fingerprint density at radius 3 is 2.63 bits per heavy atom. The predicted molar refractivity (Wildman–Crippen MR) is 80.2 cm³/mol. The largest absolute Gasteiger partial charge is 0.346 e. The highest BCUT2D eigenvalue weighted by Crippen LogP contribution is 2.23. The molecule has 0 aromatic heterocycles. The van der Waals surface area contributed by atoms with Crippen LogP contribution in [0.1, 0.15) is 32.6 Å². The Balaban J connectivity index is 2.24. The molecule has 1 saturated heterocycles. The number of hydrogen-bond acceptors (Lipinski definition) is 3. The lowest BCUT2D eigenvalue weighted by molar-refractivity contribution is -0.131. The molecular formula is C15H31N3O. The second-order valence-electron chi connectivity index (χ2n) is 6.26. The number of nitrogens with zero attached hydrogens (tertiary/aromatic N) is 2. The van der Waals surface area contributed by atoms with Gasteiger partial charge in [-0.15, -0.1) is 0 Å². The fourth-order valence-electron chi connectivity index (χ4n) is 2.71. The first-order valence-electron chi connectivity index (χ1n) is 7.60. The Morgan fingerprint density at radius 2 is 2.05 bits per heavy atom. The molecule has 0 saturated carbocycles. The Kier molecular flexibility index (Phi) is 7.39. The van der Waals surface area contributed by atoms with E-state index in [-0.39, 0.29) is 0 Å². The summed E-state index contributed by atoms with van der Waals surface area (Å²) in [4.78, 5) is 16.2. The second kappa shape index (κ2) is 8.54. The predicted octanol–water partition coefficient (Wildman–Crippen LogP) is 1.42. The zero-order valence-electron chi connectivity index (χ0n) is 13.1. The quantitative estimate of drug-likeness (QED) is 0.759. The molecule has 1 fully saturated rings. The molecule has 1 aliphatic rings. The van der Waals surface area contributed by atoms with E-state index in [4.69, 9.17) is 0 Å². The van der Waals surface area contributed by atoms with Crippen LogP contribution in [0.3, 0.4) is 0 Å². The summed E-state index contributed by atoms with van der Waals surface area (Å²) in [6.45, 7) is 6.36. The smallest absolute Gasteiger partial charge is 0.222 e. The van der Waals surface area contributed by atoms with Crippen molar-refractivity contribution in [2.75, 3.05) is 47.3 Å². The highest BCUT2D eigenvalue weighted by Gasteiger charge is 2.23. The van der Waals surface area contributed by atoms with Crippen molar-refractivity contribution in [2.24, 2.45) is 11.8 Å². The van der Waals surface area contributed by atoms with Crippen LogP contribution in [0.5, 0.6) is 0 Å². The van der Waals surface area contributed by atoms with E-state index in [9.17, 15) is 4.79 Å². The number of rotatable bonds is 7. The van der Waals surface area contributed by atoms with Gasteiger partial charge in [0, 0.05) is 20.0 Å². The van der Waals surface area contributed by atoms with Gasteiger partial charge >= 0.3 is 0 Å². The first kappa shape index (κ1) is 16.4. The fraction of sp³-hybridized carbons (Fsp3) is 0.933. The van der Waals surface area contributed by atoms with Crippen LogP contribution in [0.15, 0.2) is 0 Å². The topological polar surface area (TPSA) is 35.6 Å². The average molecular weight is 269 g/mol. The van der Waals surface area contributed by atoms with E-state index in [1.54, 1.807) is 0 Å². The monoisotopic (exact) mass is 269 g/mol. The van der Waals surface area contributed by atoms with Gasteiger partial charge in [-0.1, -0.05) is 6.92 Å². The third-order valence-electron chi connectivity index (χ3n) is 4.16. The van der Waals surface area contributed by atoms with Crippen LogP contribution >= 0.6 is 0 Å². The Hall–Kier alpha value is -0.610. The molecule has 0 bridgehead atoms. The van der Waals surface area contributed by atoms with E-state index in [0.29, 0.717) is 24.2 Å². The molecule has 0 aliphatic carbocycles. The minimum atomic E-state index is 0.303. The summed E-state index contributed by atoms with van der Waals surface area (Å²) < 4.78 is 0. The van der Waals surface area contributed by atoms with Crippen LogP contribution in [0, 0.1) is 11.8 Å². The van der Waals surface area contributed by atoms with Gasteiger partial charge < -0.3 is 15.1 Å². The maximum absolute atomic E-state index is 12.2. The van der Waals surface area contributed by atoms with Gasteiger partial charge in [0.15, 0.2) is 0 Å². The highest BCUT2D eigenvalue weighted by molar-refractivity contribution is 5.76. The normalized spacial score (nSPS) is 21.4. The summed E-state index contributed by atoms with van der Waals surface area (Å²) in [6.07, 6.45) is 4.27. The summed E-state index contributed by atoms with van der Waals surface area (Å²) in [7, 11) is 6.07. The molecule has 0 aromatic carbocycles. The molecule has 1 aliphatic heterocycles. The number of carbonyl (C=O) groups is 1. The molecule has 1 amide bonds. The van der Waals surface area contributed by atoms with Crippen molar-refractivity contribution in [3.05, 3.63) is 0 Å². The summed E-state index contributed by atoms with van der Waals surface area (Å²) in [5.74, 6) is 1.47. The van der Waals surface area contributed by atoms with E-state index in [0.717, 1.165) is 32.6 Å². The highest BCUT2D eigenvalue weighted by atomic mass is 16.2. The molecule has 4 nitrogen and oxygen atoms in total. The van der Waals surface area contributed by atoms with Gasteiger partial charge in [-0.3, -0.25) is 4.79 Å². The molecule has 1 rings (SSSR count). The van der Waals surface area contributed by atoms with Crippen LogP contribution in [0.4, 0.5) is 0 Å². The van der Waals surface area contributed by atoms with Gasteiger partial charge in [-0.25, -0.2) is 0 Å². The van der Waals surface area contributed by atoms with E-state index < -0.39 is 0 Å². The van der Waals surface area contributed by atoms with Crippen molar-refractivity contribution < 1.29 is 4.79 Å². The number of piperidine rings is 1. The van der Waals surface area contributed by atoms with Gasteiger partial charge in [0.05, 0.1) is 0 Å².